The minimum Gasteiger partial charge on any atom is -0.346 e. The first kappa shape index (κ1) is 20.0. The number of benzene rings is 1. The van der Waals surface area contributed by atoms with E-state index < -0.39 is 23.8 Å². The van der Waals surface area contributed by atoms with Crippen molar-refractivity contribution >= 4 is 35.6 Å². The first-order chi connectivity index (χ1) is 14.9. The molecule has 1 aromatic rings. The summed E-state index contributed by atoms with van der Waals surface area (Å²) in [5.74, 6) is -0.845. The Morgan fingerprint density at radius 3 is 2.61 bits per heavy atom. The highest BCUT2D eigenvalue weighted by Gasteiger charge is 2.62. The van der Waals surface area contributed by atoms with Gasteiger partial charge in [0, 0.05) is 32.2 Å². The van der Waals surface area contributed by atoms with Gasteiger partial charge in [0.2, 0.25) is 5.91 Å². The van der Waals surface area contributed by atoms with Crippen molar-refractivity contribution in [1.82, 2.24) is 15.5 Å². The van der Waals surface area contributed by atoms with Gasteiger partial charge < -0.3 is 20.3 Å². The van der Waals surface area contributed by atoms with E-state index >= 15 is 0 Å². The van der Waals surface area contributed by atoms with Crippen molar-refractivity contribution < 1.29 is 19.1 Å². The number of fused-ring (bicyclic) bond motifs is 3. The molecule has 5 rings (SSSR count). The molecule has 3 N–H and O–H groups in total. The molecule has 4 aliphatic rings. The van der Waals surface area contributed by atoms with Gasteiger partial charge in [-0.25, -0.2) is 9.79 Å². The summed E-state index contributed by atoms with van der Waals surface area (Å²) in [4.78, 5) is 45.8. The van der Waals surface area contributed by atoms with Crippen LogP contribution in [0.15, 0.2) is 29.3 Å². The highest BCUT2D eigenvalue weighted by molar-refractivity contribution is 6.12. The smallest absolute Gasteiger partial charge is 0.330 e. The normalized spacial score (nSPS) is 34.0. The van der Waals surface area contributed by atoms with Gasteiger partial charge in [-0.2, -0.15) is 0 Å². The lowest BCUT2D eigenvalue weighted by atomic mass is 9.96. The van der Waals surface area contributed by atoms with E-state index in [1.54, 1.807) is 30.6 Å². The number of urea groups is 1. The molecule has 1 aromatic carbocycles. The van der Waals surface area contributed by atoms with Gasteiger partial charge in [0.05, 0.1) is 17.7 Å². The zero-order valence-electron chi connectivity index (χ0n) is 17.5. The van der Waals surface area contributed by atoms with Crippen LogP contribution < -0.4 is 20.9 Å². The molecule has 4 unspecified atom stereocenters. The second-order valence-electron chi connectivity index (χ2n) is 8.56. The van der Waals surface area contributed by atoms with E-state index in [-0.39, 0.29) is 11.9 Å². The fourth-order valence-corrected chi connectivity index (χ4v) is 5.36. The third-order valence-corrected chi connectivity index (χ3v) is 6.68. The SMILES string of the molecule is COC12N=CN(C3CC4CCC(C3)N4)C1N(c1ccccc1NC(C)=O)C(=O)NC2=O. The summed E-state index contributed by atoms with van der Waals surface area (Å²) in [6.07, 6.45) is 4.90. The summed E-state index contributed by atoms with van der Waals surface area (Å²) < 4.78 is 5.68. The van der Waals surface area contributed by atoms with Gasteiger partial charge >= 0.3 is 6.03 Å². The zero-order chi connectivity index (χ0) is 21.8. The van der Waals surface area contributed by atoms with Crippen LogP contribution in [0.25, 0.3) is 0 Å². The second kappa shape index (κ2) is 7.31. The number of carbonyl (C=O) groups is 3. The number of hydrogen-bond acceptors (Lipinski definition) is 7. The lowest BCUT2D eigenvalue weighted by molar-refractivity contribution is -0.148. The number of methoxy groups -OCH3 is 1. The zero-order valence-corrected chi connectivity index (χ0v) is 17.5. The summed E-state index contributed by atoms with van der Waals surface area (Å²) in [7, 11) is 1.42. The van der Waals surface area contributed by atoms with Gasteiger partial charge in [0.15, 0.2) is 6.17 Å². The molecule has 4 heterocycles. The molecule has 164 valence electrons. The van der Waals surface area contributed by atoms with Gasteiger partial charge in [-0.1, -0.05) is 12.1 Å². The van der Waals surface area contributed by atoms with Crippen LogP contribution in [0.1, 0.15) is 32.6 Å². The second-order valence-corrected chi connectivity index (χ2v) is 8.56. The average Bonchev–Trinajstić information content (AvgIpc) is 3.29. The molecule has 10 nitrogen and oxygen atoms in total. The molecule has 0 spiro atoms. The Bertz CT molecular complexity index is 955. The van der Waals surface area contributed by atoms with E-state index in [4.69, 9.17) is 4.74 Å². The van der Waals surface area contributed by atoms with Gasteiger partial charge in [0.25, 0.3) is 11.6 Å². The Morgan fingerprint density at radius 1 is 1.23 bits per heavy atom. The number of nitrogens with zero attached hydrogens (tertiary/aromatic N) is 3. The number of ether oxygens (including phenoxy) is 1. The monoisotopic (exact) mass is 426 g/mol. The maximum absolute atomic E-state index is 13.1. The van der Waals surface area contributed by atoms with Crippen LogP contribution in [0, 0.1) is 0 Å². The number of para-hydroxylation sites is 2. The van der Waals surface area contributed by atoms with E-state index in [1.807, 2.05) is 4.90 Å². The predicted molar refractivity (Wildman–Crippen MR) is 114 cm³/mol. The number of anilines is 2. The Morgan fingerprint density at radius 2 is 1.94 bits per heavy atom. The highest BCUT2D eigenvalue weighted by atomic mass is 16.5. The minimum atomic E-state index is -1.58. The van der Waals surface area contributed by atoms with Crippen molar-refractivity contribution in [3.63, 3.8) is 0 Å². The molecule has 0 aliphatic carbocycles. The van der Waals surface area contributed by atoms with Crippen molar-refractivity contribution in [2.24, 2.45) is 4.99 Å². The summed E-state index contributed by atoms with van der Waals surface area (Å²) in [5, 5.41) is 8.78. The maximum atomic E-state index is 13.1. The van der Waals surface area contributed by atoms with Crippen molar-refractivity contribution in [2.45, 2.75) is 62.6 Å². The summed E-state index contributed by atoms with van der Waals surface area (Å²) in [6.45, 7) is 1.41. The first-order valence-electron chi connectivity index (χ1n) is 10.6. The van der Waals surface area contributed by atoms with Crippen LogP contribution in [0.5, 0.6) is 0 Å². The Balaban J connectivity index is 1.58. The summed E-state index contributed by atoms with van der Waals surface area (Å²) in [5.41, 5.74) is -0.635. The number of nitrogens with one attached hydrogen (secondary N) is 3. The molecule has 10 heteroatoms. The Labute approximate surface area is 180 Å². The number of imide groups is 1. The molecule has 0 aromatic heterocycles. The van der Waals surface area contributed by atoms with Crippen molar-refractivity contribution in [2.75, 3.05) is 17.3 Å². The molecular weight excluding hydrogens is 400 g/mol. The average molecular weight is 426 g/mol. The number of rotatable bonds is 4. The molecule has 4 aliphatic heterocycles. The third kappa shape index (κ3) is 3.09. The number of piperidine rings is 1. The quantitative estimate of drug-likeness (QED) is 0.662. The van der Waals surface area contributed by atoms with E-state index in [1.165, 1.54) is 18.9 Å². The number of carbonyl (C=O) groups excluding carboxylic acids is 3. The minimum absolute atomic E-state index is 0.110. The van der Waals surface area contributed by atoms with Crippen LogP contribution in [0.2, 0.25) is 0 Å². The lowest BCUT2D eigenvalue weighted by Gasteiger charge is -2.48. The van der Waals surface area contributed by atoms with Crippen LogP contribution in [0.4, 0.5) is 16.2 Å². The van der Waals surface area contributed by atoms with Crippen molar-refractivity contribution in [1.29, 1.82) is 0 Å². The Hall–Kier alpha value is -2.98. The molecule has 0 radical (unpaired) electrons. The molecular formula is C21H26N6O4. The van der Waals surface area contributed by atoms with E-state index in [2.05, 4.69) is 20.9 Å². The topological polar surface area (TPSA) is 115 Å². The van der Waals surface area contributed by atoms with Crippen LogP contribution >= 0.6 is 0 Å². The maximum Gasteiger partial charge on any atom is 0.330 e. The fraction of sp³-hybridized carbons (Fsp3) is 0.524. The molecule has 3 fully saturated rings. The predicted octanol–water partition coefficient (Wildman–Crippen LogP) is 0.997. The van der Waals surface area contributed by atoms with Crippen LogP contribution in [-0.4, -0.2) is 66.2 Å². The van der Waals surface area contributed by atoms with Crippen LogP contribution in [0.3, 0.4) is 0 Å². The standard InChI is InChI=1S/C21H26N6O4/c1-12(28)23-16-5-3-4-6-17(16)27-19-21(31-2,18(29)25-20(27)30)22-11-26(19)15-9-13-7-8-14(10-15)24-13/h3-6,11,13-15,19,24H,7-10H2,1-2H3,(H,23,28)(H,25,29,30). The largest absolute Gasteiger partial charge is 0.346 e. The molecule has 4 amide bonds. The van der Waals surface area contributed by atoms with Crippen LogP contribution in [-0.2, 0) is 14.3 Å². The number of hydrogen-bond donors (Lipinski definition) is 3. The number of aliphatic imine (C=N–C) groups is 1. The highest BCUT2D eigenvalue weighted by Crippen LogP contribution is 2.42. The molecule has 4 atom stereocenters. The first-order valence-corrected chi connectivity index (χ1v) is 10.6. The fourth-order valence-electron chi connectivity index (χ4n) is 5.36. The van der Waals surface area contributed by atoms with E-state index in [0.29, 0.717) is 23.5 Å². The van der Waals surface area contributed by atoms with Gasteiger partial charge in [-0.3, -0.25) is 19.8 Å². The number of amides is 4. The molecule has 0 saturated carbocycles. The van der Waals surface area contributed by atoms with Gasteiger partial charge in [0.1, 0.15) is 0 Å². The van der Waals surface area contributed by atoms with E-state index in [9.17, 15) is 14.4 Å². The summed E-state index contributed by atoms with van der Waals surface area (Å²) >= 11 is 0. The molecule has 3 saturated heterocycles. The lowest BCUT2D eigenvalue weighted by Crippen LogP contribution is -2.73. The molecule has 31 heavy (non-hydrogen) atoms. The van der Waals surface area contributed by atoms with Gasteiger partial charge in [-0.15, -0.1) is 0 Å². The van der Waals surface area contributed by atoms with Crippen molar-refractivity contribution in [3.8, 4) is 0 Å². The third-order valence-electron chi connectivity index (χ3n) is 6.68. The van der Waals surface area contributed by atoms with E-state index in [0.717, 1.165) is 25.7 Å². The van der Waals surface area contributed by atoms with Gasteiger partial charge in [-0.05, 0) is 37.8 Å². The van der Waals surface area contributed by atoms with Crippen molar-refractivity contribution in [3.05, 3.63) is 24.3 Å². The Kier molecular flexibility index (Phi) is 4.71. The summed E-state index contributed by atoms with van der Waals surface area (Å²) in [6, 6.07) is 7.39. The molecule has 2 bridgehead atoms.